The summed E-state index contributed by atoms with van der Waals surface area (Å²) >= 11 is 7.61. The monoisotopic (exact) mass is 271 g/mol. The number of carbonyl (C=O) groups is 1. The zero-order chi connectivity index (χ0) is 12.5. The molecule has 17 heavy (non-hydrogen) atoms. The predicted octanol–water partition coefficient (Wildman–Crippen LogP) is 4.29. The molecule has 0 spiro atoms. The largest absolute Gasteiger partial charge is 0.286 e. The summed E-state index contributed by atoms with van der Waals surface area (Å²) in [4.78, 5) is 21.6. The van der Waals surface area contributed by atoms with E-state index in [1.165, 1.54) is 0 Å². The lowest BCUT2D eigenvalue weighted by atomic mass is 10.2. The number of rotatable bonds is 7. The molecule has 1 aromatic rings. The van der Waals surface area contributed by atoms with E-state index < -0.39 is 5.91 Å². The smallest absolute Gasteiger partial charge is 0.269 e. The average Bonchev–Trinajstić information content (AvgIpc) is 2.33. The quantitative estimate of drug-likeness (QED) is 0.422. The van der Waals surface area contributed by atoms with Gasteiger partial charge in [-0.25, -0.2) is 0 Å². The summed E-state index contributed by atoms with van der Waals surface area (Å²) in [6, 6.07) is 7.74. The van der Waals surface area contributed by atoms with Gasteiger partial charge < -0.3 is 0 Å². The summed E-state index contributed by atoms with van der Waals surface area (Å²) in [7, 11) is 0. The van der Waals surface area contributed by atoms with Crippen LogP contribution in [-0.2, 0) is 4.79 Å². The fourth-order valence-electron chi connectivity index (χ4n) is 1.35. The molecular formula is C12H14ClNO2S. The molecule has 0 aliphatic rings. The van der Waals surface area contributed by atoms with Gasteiger partial charge in [0, 0.05) is 21.5 Å². The van der Waals surface area contributed by atoms with E-state index in [2.05, 4.69) is 5.18 Å². The average molecular weight is 272 g/mol. The van der Waals surface area contributed by atoms with Crippen LogP contribution >= 0.6 is 23.4 Å². The topological polar surface area (TPSA) is 46.5 Å². The number of hydrogen-bond donors (Lipinski definition) is 0. The molecule has 1 aromatic carbocycles. The summed E-state index contributed by atoms with van der Waals surface area (Å²) in [5.41, 5.74) is 0. The Hall–Kier alpha value is -0.870. The van der Waals surface area contributed by atoms with Gasteiger partial charge in [-0.3, -0.25) is 4.79 Å². The minimum atomic E-state index is -0.549. The van der Waals surface area contributed by atoms with Crippen LogP contribution in [0.2, 0.25) is 5.02 Å². The molecule has 0 aromatic heterocycles. The number of thioether (sulfide) groups is 1. The molecule has 0 saturated carbocycles. The normalized spacial score (nSPS) is 10.2. The molecule has 0 radical (unpaired) electrons. The minimum absolute atomic E-state index is 0.269. The molecule has 0 aliphatic heterocycles. The summed E-state index contributed by atoms with van der Waals surface area (Å²) in [5.74, 6) is 0.441. The van der Waals surface area contributed by atoms with Crippen LogP contribution in [0.4, 0.5) is 0 Å². The van der Waals surface area contributed by atoms with Crippen molar-refractivity contribution in [2.24, 2.45) is 5.18 Å². The summed E-state index contributed by atoms with van der Waals surface area (Å²) in [5, 5.41) is 3.10. The molecule has 0 bridgehead atoms. The second-order valence-corrected chi connectivity index (χ2v) is 5.21. The number of unbranched alkanes of at least 4 members (excludes halogenated alkanes) is 2. The Morgan fingerprint density at radius 2 is 2.12 bits per heavy atom. The molecule has 0 fully saturated rings. The number of nitroso groups, excluding NO2 is 1. The lowest BCUT2D eigenvalue weighted by Crippen LogP contribution is -1.91. The fourth-order valence-corrected chi connectivity index (χ4v) is 2.57. The second-order valence-electron chi connectivity index (χ2n) is 3.60. The lowest BCUT2D eigenvalue weighted by molar-refractivity contribution is -0.118. The SMILES string of the molecule is O=NC(=O)CCCCCSc1cccc(Cl)c1. The van der Waals surface area contributed by atoms with Crippen molar-refractivity contribution in [3.63, 3.8) is 0 Å². The van der Waals surface area contributed by atoms with Crippen LogP contribution < -0.4 is 0 Å². The third-order valence-corrected chi connectivity index (χ3v) is 3.52. The fraction of sp³-hybridized carbons (Fsp3) is 0.417. The number of nitrogens with zero attached hydrogens (tertiary/aromatic N) is 1. The van der Waals surface area contributed by atoms with Gasteiger partial charge in [0.25, 0.3) is 5.91 Å². The summed E-state index contributed by atoms with van der Waals surface area (Å²) in [6.07, 6.45) is 2.96. The van der Waals surface area contributed by atoms with Crippen molar-refractivity contribution in [3.8, 4) is 0 Å². The number of halogens is 1. The van der Waals surface area contributed by atoms with E-state index in [1.807, 2.05) is 24.3 Å². The molecule has 0 aliphatic carbocycles. The van der Waals surface area contributed by atoms with E-state index in [0.29, 0.717) is 0 Å². The van der Waals surface area contributed by atoms with Gasteiger partial charge in [-0.2, -0.15) is 0 Å². The van der Waals surface area contributed by atoms with Crippen molar-refractivity contribution < 1.29 is 4.79 Å². The van der Waals surface area contributed by atoms with Crippen LogP contribution in [0.3, 0.4) is 0 Å². The standard InChI is InChI=1S/C12H14ClNO2S/c13-10-5-4-6-11(9-10)17-8-3-1-2-7-12(15)14-16/h4-6,9H,1-3,7-8H2. The molecule has 0 heterocycles. The maximum Gasteiger partial charge on any atom is 0.286 e. The second kappa shape index (κ2) is 8.25. The molecule has 0 N–H and O–H groups in total. The maximum atomic E-state index is 10.6. The molecule has 3 nitrogen and oxygen atoms in total. The molecule has 1 rings (SSSR count). The molecular weight excluding hydrogens is 258 g/mol. The summed E-state index contributed by atoms with van der Waals surface area (Å²) in [6.45, 7) is 0. The van der Waals surface area contributed by atoms with Crippen LogP contribution in [-0.4, -0.2) is 11.7 Å². The first-order valence-corrected chi connectivity index (χ1v) is 6.83. The molecule has 0 unspecified atom stereocenters. The van der Waals surface area contributed by atoms with Gasteiger partial charge in [-0.05, 0) is 36.8 Å². The van der Waals surface area contributed by atoms with Gasteiger partial charge in [-0.15, -0.1) is 16.7 Å². The molecule has 0 atom stereocenters. The highest BCUT2D eigenvalue weighted by Gasteiger charge is 2.00. The van der Waals surface area contributed by atoms with Gasteiger partial charge >= 0.3 is 0 Å². The van der Waals surface area contributed by atoms with Gasteiger partial charge in [0.15, 0.2) is 0 Å². The highest BCUT2D eigenvalue weighted by atomic mass is 35.5. The summed E-state index contributed by atoms with van der Waals surface area (Å²) < 4.78 is 0. The molecule has 5 heteroatoms. The van der Waals surface area contributed by atoms with Crippen molar-refractivity contribution in [2.45, 2.75) is 30.6 Å². The molecule has 0 saturated heterocycles. The van der Waals surface area contributed by atoms with Gasteiger partial charge in [0.1, 0.15) is 0 Å². The van der Waals surface area contributed by atoms with Crippen molar-refractivity contribution in [3.05, 3.63) is 34.2 Å². The van der Waals surface area contributed by atoms with Crippen molar-refractivity contribution in [1.29, 1.82) is 0 Å². The first-order valence-electron chi connectivity index (χ1n) is 5.47. The van der Waals surface area contributed by atoms with Crippen LogP contribution in [0.15, 0.2) is 34.3 Å². The third-order valence-electron chi connectivity index (χ3n) is 2.20. The Labute approximate surface area is 110 Å². The van der Waals surface area contributed by atoms with Crippen LogP contribution in [0, 0.1) is 4.91 Å². The van der Waals surface area contributed by atoms with E-state index >= 15 is 0 Å². The Kier molecular flexibility index (Phi) is 6.89. The van der Waals surface area contributed by atoms with E-state index in [4.69, 9.17) is 11.6 Å². The van der Waals surface area contributed by atoms with Crippen molar-refractivity contribution >= 4 is 29.3 Å². The van der Waals surface area contributed by atoms with E-state index in [0.717, 1.165) is 34.9 Å². The zero-order valence-corrected chi connectivity index (χ0v) is 11.0. The number of carbonyl (C=O) groups excluding carboxylic acids is 1. The Bertz CT molecular complexity index is 385. The van der Waals surface area contributed by atoms with Crippen LogP contribution in [0.1, 0.15) is 25.7 Å². The van der Waals surface area contributed by atoms with Crippen LogP contribution in [0.25, 0.3) is 0 Å². The molecule has 1 amide bonds. The highest BCUT2D eigenvalue weighted by Crippen LogP contribution is 2.22. The van der Waals surface area contributed by atoms with Gasteiger partial charge in [0.05, 0.1) is 0 Å². The van der Waals surface area contributed by atoms with Crippen molar-refractivity contribution in [2.75, 3.05) is 5.75 Å². The Morgan fingerprint density at radius 1 is 1.29 bits per heavy atom. The number of amides is 1. The predicted molar refractivity (Wildman–Crippen MR) is 71.4 cm³/mol. The van der Waals surface area contributed by atoms with E-state index in [1.54, 1.807) is 11.8 Å². The minimum Gasteiger partial charge on any atom is -0.269 e. The Morgan fingerprint density at radius 3 is 2.82 bits per heavy atom. The zero-order valence-electron chi connectivity index (χ0n) is 9.39. The number of hydrogen-bond acceptors (Lipinski definition) is 3. The van der Waals surface area contributed by atoms with Crippen LogP contribution in [0.5, 0.6) is 0 Å². The van der Waals surface area contributed by atoms with E-state index in [-0.39, 0.29) is 6.42 Å². The first-order chi connectivity index (χ1) is 8.22. The molecule has 92 valence electrons. The van der Waals surface area contributed by atoms with Crippen molar-refractivity contribution in [1.82, 2.24) is 0 Å². The van der Waals surface area contributed by atoms with Gasteiger partial charge in [-0.1, -0.05) is 24.1 Å². The Balaban J connectivity index is 2.08. The maximum absolute atomic E-state index is 10.6. The number of benzene rings is 1. The van der Waals surface area contributed by atoms with E-state index in [9.17, 15) is 9.70 Å². The van der Waals surface area contributed by atoms with Gasteiger partial charge in [0.2, 0.25) is 0 Å². The first kappa shape index (κ1) is 14.2. The third kappa shape index (κ3) is 6.44. The highest BCUT2D eigenvalue weighted by molar-refractivity contribution is 7.99. The lowest BCUT2D eigenvalue weighted by Gasteiger charge is -2.01.